The van der Waals surface area contributed by atoms with Crippen molar-refractivity contribution in [2.75, 3.05) is 0 Å². The van der Waals surface area contributed by atoms with Crippen LogP contribution >= 0.6 is 0 Å². The van der Waals surface area contributed by atoms with E-state index < -0.39 is 30.2 Å². The van der Waals surface area contributed by atoms with Crippen LogP contribution in [0.1, 0.15) is 68.2 Å². The second-order valence-electron chi connectivity index (χ2n) is 9.00. The first-order valence-electron chi connectivity index (χ1n) is 11.3. The molecule has 1 aromatic carbocycles. The zero-order chi connectivity index (χ0) is 23.2. The lowest BCUT2D eigenvalue weighted by Crippen LogP contribution is -2.55. The van der Waals surface area contributed by atoms with Crippen molar-refractivity contribution in [2.24, 2.45) is 0 Å². The molecule has 3 aliphatic rings. The van der Waals surface area contributed by atoms with Crippen LogP contribution in [0, 0.1) is 0 Å². The molecule has 7 nitrogen and oxygen atoms in total. The molecule has 0 spiro atoms. The Kier molecular flexibility index (Phi) is 5.64. The number of hydrogen-bond acceptors (Lipinski definition) is 6. The Morgan fingerprint density at radius 2 is 1.85 bits per heavy atom. The van der Waals surface area contributed by atoms with Crippen LogP contribution in [0.3, 0.4) is 0 Å². The summed E-state index contributed by atoms with van der Waals surface area (Å²) >= 11 is 0. The van der Waals surface area contributed by atoms with Gasteiger partial charge in [-0.25, -0.2) is 5.43 Å². The van der Waals surface area contributed by atoms with E-state index in [1.54, 1.807) is 37.3 Å². The van der Waals surface area contributed by atoms with Crippen molar-refractivity contribution < 1.29 is 22.4 Å². The maximum atomic E-state index is 13.9. The van der Waals surface area contributed by atoms with E-state index in [0.717, 1.165) is 30.7 Å². The maximum Gasteiger partial charge on any atom is 0.406 e. The summed E-state index contributed by atoms with van der Waals surface area (Å²) in [6, 6.07) is 6.56. The lowest BCUT2D eigenvalue weighted by molar-refractivity contribution is -0.161. The zero-order valence-corrected chi connectivity index (χ0v) is 18.2. The molecule has 1 amide bonds. The van der Waals surface area contributed by atoms with Crippen molar-refractivity contribution >= 4 is 5.91 Å². The van der Waals surface area contributed by atoms with Crippen LogP contribution in [0.2, 0.25) is 0 Å². The van der Waals surface area contributed by atoms with Gasteiger partial charge in [0.05, 0.1) is 12.3 Å². The largest absolute Gasteiger partial charge is 0.425 e. The monoisotopic (exact) mass is 461 g/mol. The Morgan fingerprint density at radius 1 is 1.12 bits per heavy atom. The number of carbonyl (C=O) groups excluding carboxylic acids is 1. The van der Waals surface area contributed by atoms with Crippen LogP contribution < -0.4 is 10.7 Å². The summed E-state index contributed by atoms with van der Waals surface area (Å²) in [7, 11) is 0. The van der Waals surface area contributed by atoms with Gasteiger partial charge >= 0.3 is 6.18 Å². The van der Waals surface area contributed by atoms with E-state index in [-0.39, 0.29) is 12.3 Å². The number of halogens is 3. The summed E-state index contributed by atoms with van der Waals surface area (Å²) in [5.74, 6) is -0.393. The summed E-state index contributed by atoms with van der Waals surface area (Å²) in [5, 5.41) is 12.5. The average molecular weight is 461 g/mol. The van der Waals surface area contributed by atoms with Crippen molar-refractivity contribution in [3.8, 4) is 0 Å². The maximum absolute atomic E-state index is 13.9. The minimum absolute atomic E-state index is 0.0645. The van der Waals surface area contributed by atoms with Gasteiger partial charge in [0.2, 0.25) is 11.8 Å². The van der Waals surface area contributed by atoms with Gasteiger partial charge in [0.15, 0.2) is 0 Å². The molecule has 3 atom stereocenters. The molecule has 33 heavy (non-hydrogen) atoms. The fourth-order valence-electron chi connectivity index (χ4n) is 5.15. The van der Waals surface area contributed by atoms with Gasteiger partial charge in [-0.1, -0.05) is 49.6 Å². The lowest BCUT2D eigenvalue weighted by Gasteiger charge is -2.34. The Morgan fingerprint density at radius 3 is 2.55 bits per heavy atom. The first-order valence-corrected chi connectivity index (χ1v) is 11.3. The van der Waals surface area contributed by atoms with Gasteiger partial charge in [0.25, 0.3) is 5.91 Å². The number of hydrogen-bond donors (Lipinski definition) is 2. The summed E-state index contributed by atoms with van der Waals surface area (Å²) < 4.78 is 47.6. The summed E-state index contributed by atoms with van der Waals surface area (Å²) in [6.45, 7) is 1.70. The molecule has 3 unspecified atom stereocenters. The molecule has 1 aliphatic carbocycles. The molecule has 2 fully saturated rings. The molecule has 176 valence electrons. The highest BCUT2D eigenvalue weighted by atomic mass is 19.4. The minimum Gasteiger partial charge on any atom is -0.425 e. The minimum atomic E-state index is -4.53. The van der Waals surface area contributed by atoms with E-state index in [1.165, 1.54) is 6.42 Å². The molecular weight excluding hydrogens is 435 g/mol. The van der Waals surface area contributed by atoms with Gasteiger partial charge in [0, 0.05) is 17.2 Å². The molecular formula is C23H26F3N5O2. The standard InChI is InChI=1S/C23H26F3N5O2/c1-13-16(12-17-28-29-21(33-17)15-10-6-3-7-11-15)22(32)31-20(27-13)18(14-8-4-2-5-9-14)19(30-31)23(24,25)26/h2,4-5,8-9,15,18-20,27,30H,3,6-7,10-12H2,1H3. The van der Waals surface area contributed by atoms with Crippen LogP contribution in [0.15, 0.2) is 46.0 Å². The van der Waals surface area contributed by atoms with Crippen molar-refractivity contribution in [1.82, 2.24) is 25.9 Å². The Bertz CT molecular complexity index is 1050. The second-order valence-corrected chi connectivity index (χ2v) is 9.00. The van der Waals surface area contributed by atoms with E-state index in [4.69, 9.17) is 4.42 Å². The highest BCUT2D eigenvalue weighted by Crippen LogP contribution is 2.41. The van der Waals surface area contributed by atoms with Crippen molar-refractivity contribution in [1.29, 1.82) is 0 Å². The fourth-order valence-corrected chi connectivity index (χ4v) is 5.15. The first kappa shape index (κ1) is 21.9. The average Bonchev–Trinajstić information content (AvgIpc) is 3.43. The predicted molar refractivity (Wildman–Crippen MR) is 112 cm³/mol. The number of nitrogens with one attached hydrogen (secondary N) is 2. The van der Waals surface area contributed by atoms with Gasteiger partial charge in [-0.3, -0.25) is 9.80 Å². The van der Waals surface area contributed by atoms with Crippen LogP contribution in [0.4, 0.5) is 13.2 Å². The molecule has 2 aromatic rings. The summed E-state index contributed by atoms with van der Waals surface area (Å²) in [6.07, 6.45) is 0.128. The third-order valence-corrected chi connectivity index (χ3v) is 6.85. The van der Waals surface area contributed by atoms with Gasteiger partial charge < -0.3 is 9.73 Å². The SMILES string of the molecule is CC1=C(Cc2nnc(C3CCCCC3)o2)C(=O)N2NC(C(F)(F)F)C(c3ccccc3)C2N1. The Balaban J connectivity index is 1.40. The molecule has 1 aromatic heterocycles. The Hall–Kier alpha value is -2.88. The van der Waals surface area contributed by atoms with Gasteiger partial charge in [-0.15, -0.1) is 10.2 Å². The van der Waals surface area contributed by atoms with Crippen LogP contribution in [0.25, 0.3) is 0 Å². The van der Waals surface area contributed by atoms with Crippen LogP contribution in [-0.2, 0) is 11.2 Å². The number of rotatable bonds is 4. The lowest BCUT2D eigenvalue weighted by atomic mass is 9.89. The number of carbonyl (C=O) groups is 1. The van der Waals surface area contributed by atoms with E-state index >= 15 is 0 Å². The molecule has 10 heteroatoms. The fraction of sp³-hybridized carbons (Fsp3) is 0.522. The van der Waals surface area contributed by atoms with E-state index in [2.05, 4.69) is 20.9 Å². The molecule has 5 rings (SSSR count). The number of fused-ring (bicyclic) bond motifs is 1. The summed E-state index contributed by atoms with van der Waals surface area (Å²) in [5.41, 5.74) is 3.75. The van der Waals surface area contributed by atoms with Crippen molar-refractivity contribution in [3.63, 3.8) is 0 Å². The van der Waals surface area contributed by atoms with E-state index in [1.807, 2.05) is 0 Å². The first-order chi connectivity index (χ1) is 15.8. The van der Waals surface area contributed by atoms with E-state index in [9.17, 15) is 18.0 Å². The molecule has 1 saturated carbocycles. The van der Waals surface area contributed by atoms with E-state index in [0.29, 0.717) is 28.6 Å². The number of allylic oxidation sites excluding steroid dienone is 1. The predicted octanol–water partition coefficient (Wildman–Crippen LogP) is 3.92. The molecule has 3 heterocycles. The highest BCUT2D eigenvalue weighted by Gasteiger charge is 2.57. The highest BCUT2D eigenvalue weighted by molar-refractivity contribution is 5.95. The van der Waals surface area contributed by atoms with Crippen LogP contribution in [0.5, 0.6) is 0 Å². The van der Waals surface area contributed by atoms with Gasteiger partial charge in [0.1, 0.15) is 12.2 Å². The molecule has 2 N–H and O–H groups in total. The van der Waals surface area contributed by atoms with Gasteiger partial charge in [-0.2, -0.15) is 13.2 Å². The number of nitrogens with zero attached hydrogens (tertiary/aromatic N) is 3. The number of hydrazine groups is 1. The topological polar surface area (TPSA) is 83.3 Å². The van der Waals surface area contributed by atoms with Gasteiger partial charge in [-0.05, 0) is 25.3 Å². The number of benzene rings is 1. The number of amides is 1. The molecule has 0 bridgehead atoms. The number of aromatic nitrogens is 2. The third-order valence-electron chi connectivity index (χ3n) is 6.85. The summed E-state index contributed by atoms with van der Waals surface area (Å²) in [4.78, 5) is 13.3. The normalized spacial score (nSPS) is 26.5. The molecule has 1 saturated heterocycles. The molecule has 2 aliphatic heterocycles. The van der Waals surface area contributed by atoms with Crippen molar-refractivity contribution in [3.05, 3.63) is 58.9 Å². The number of alkyl halides is 3. The Labute approximate surface area is 189 Å². The molecule has 0 radical (unpaired) electrons. The third kappa shape index (κ3) is 4.12. The van der Waals surface area contributed by atoms with Crippen molar-refractivity contribution in [2.45, 2.75) is 75.7 Å². The second kappa shape index (κ2) is 8.48. The zero-order valence-electron chi connectivity index (χ0n) is 18.2. The quantitative estimate of drug-likeness (QED) is 0.718. The smallest absolute Gasteiger partial charge is 0.406 e. The van der Waals surface area contributed by atoms with Crippen LogP contribution in [-0.4, -0.2) is 39.5 Å².